The quantitative estimate of drug-likeness (QED) is 0.731. The summed E-state index contributed by atoms with van der Waals surface area (Å²) >= 11 is 0. The standard InChI is InChI=1S/C16H23N3O/c1-2-3-4-5-6-7-10-14-15(16(17)19-20-14)13-9-8-11-18-12-13/h8-9,11-12H,2-7,10H2,1H3,(H2,17,19). The molecule has 4 nitrogen and oxygen atoms in total. The number of rotatable bonds is 8. The highest BCUT2D eigenvalue weighted by molar-refractivity contribution is 5.74. The van der Waals surface area contributed by atoms with E-state index in [1.807, 2.05) is 12.1 Å². The topological polar surface area (TPSA) is 64.9 Å². The van der Waals surface area contributed by atoms with Gasteiger partial charge in [0.05, 0.1) is 5.56 Å². The zero-order chi connectivity index (χ0) is 14.2. The van der Waals surface area contributed by atoms with Crippen molar-refractivity contribution < 1.29 is 4.52 Å². The average Bonchev–Trinajstić information content (AvgIpc) is 2.84. The van der Waals surface area contributed by atoms with E-state index in [1.165, 1.54) is 32.1 Å². The van der Waals surface area contributed by atoms with Crippen LogP contribution in [0.15, 0.2) is 29.0 Å². The molecule has 0 unspecified atom stereocenters. The van der Waals surface area contributed by atoms with Gasteiger partial charge in [-0.2, -0.15) is 0 Å². The second-order valence-electron chi connectivity index (χ2n) is 5.13. The van der Waals surface area contributed by atoms with Crippen LogP contribution in [-0.4, -0.2) is 10.1 Å². The molecule has 0 aromatic carbocycles. The summed E-state index contributed by atoms with van der Waals surface area (Å²) in [6, 6.07) is 3.89. The zero-order valence-corrected chi connectivity index (χ0v) is 12.1. The Hall–Kier alpha value is -1.84. The summed E-state index contributed by atoms with van der Waals surface area (Å²) < 4.78 is 5.37. The summed E-state index contributed by atoms with van der Waals surface area (Å²) in [7, 11) is 0. The van der Waals surface area contributed by atoms with E-state index in [-0.39, 0.29) is 0 Å². The molecule has 2 rings (SSSR count). The van der Waals surface area contributed by atoms with Crippen molar-refractivity contribution in [2.45, 2.75) is 51.9 Å². The molecule has 0 saturated carbocycles. The third-order valence-electron chi connectivity index (χ3n) is 3.50. The molecule has 20 heavy (non-hydrogen) atoms. The van der Waals surface area contributed by atoms with E-state index in [0.717, 1.165) is 29.7 Å². The van der Waals surface area contributed by atoms with Crippen molar-refractivity contribution in [3.63, 3.8) is 0 Å². The first-order valence-corrected chi connectivity index (χ1v) is 7.47. The van der Waals surface area contributed by atoms with Gasteiger partial charge in [0, 0.05) is 24.4 Å². The number of nitrogens with zero attached hydrogens (tertiary/aromatic N) is 2. The van der Waals surface area contributed by atoms with Gasteiger partial charge in [-0.15, -0.1) is 0 Å². The SMILES string of the molecule is CCCCCCCCc1onc(N)c1-c1cccnc1. The normalized spacial score (nSPS) is 10.8. The van der Waals surface area contributed by atoms with Crippen molar-refractivity contribution in [1.29, 1.82) is 0 Å². The summed E-state index contributed by atoms with van der Waals surface area (Å²) in [4.78, 5) is 4.13. The van der Waals surface area contributed by atoms with Crippen LogP contribution in [0.5, 0.6) is 0 Å². The fourth-order valence-corrected chi connectivity index (χ4v) is 2.39. The lowest BCUT2D eigenvalue weighted by Crippen LogP contribution is -1.92. The summed E-state index contributed by atoms with van der Waals surface area (Å²) in [5, 5.41) is 3.90. The summed E-state index contributed by atoms with van der Waals surface area (Å²) in [6.07, 6.45) is 12.0. The van der Waals surface area contributed by atoms with Crippen molar-refractivity contribution in [2.75, 3.05) is 5.73 Å². The molecule has 2 N–H and O–H groups in total. The predicted molar refractivity (Wildman–Crippen MR) is 81.2 cm³/mol. The average molecular weight is 273 g/mol. The lowest BCUT2D eigenvalue weighted by atomic mass is 10.0. The molecule has 0 amide bonds. The van der Waals surface area contributed by atoms with Gasteiger partial charge in [0.1, 0.15) is 5.76 Å². The van der Waals surface area contributed by atoms with E-state index in [4.69, 9.17) is 10.3 Å². The number of pyridine rings is 1. The maximum absolute atomic E-state index is 5.91. The Morgan fingerprint density at radius 1 is 1.15 bits per heavy atom. The van der Waals surface area contributed by atoms with Crippen molar-refractivity contribution in [2.24, 2.45) is 0 Å². The first kappa shape index (κ1) is 14.6. The van der Waals surface area contributed by atoms with Gasteiger partial charge in [-0.05, 0) is 12.5 Å². The van der Waals surface area contributed by atoms with Crippen LogP contribution in [0.1, 0.15) is 51.2 Å². The number of aryl methyl sites for hydroxylation is 1. The van der Waals surface area contributed by atoms with Gasteiger partial charge in [-0.3, -0.25) is 4.98 Å². The highest BCUT2D eigenvalue weighted by Gasteiger charge is 2.15. The molecule has 108 valence electrons. The third-order valence-corrected chi connectivity index (χ3v) is 3.50. The first-order valence-electron chi connectivity index (χ1n) is 7.47. The van der Waals surface area contributed by atoms with Crippen LogP contribution in [0.4, 0.5) is 5.82 Å². The molecule has 0 spiro atoms. The van der Waals surface area contributed by atoms with Gasteiger partial charge in [0.2, 0.25) is 0 Å². The molecule has 0 aliphatic heterocycles. The number of unbranched alkanes of at least 4 members (excludes halogenated alkanes) is 5. The second-order valence-corrected chi connectivity index (χ2v) is 5.13. The number of nitrogens with two attached hydrogens (primary N) is 1. The van der Waals surface area contributed by atoms with Gasteiger partial charge >= 0.3 is 0 Å². The summed E-state index contributed by atoms with van der Waals surface area (Å²) in [5.74, 6) is 1.34. The Balaban J connectivity index is 1.93. The van der Waals surface area contributed by atoms with Crippen LogP contribution in [0.2, 0.25) is 0 Å². The minimum atomic E-state index is 0.457. The van der Waals surface area contributed by atoms with Gasteiger partial charge in [-0.25, -0.2) is 0 Å². The lowest BCUT2D eigenvalue weighted by molar-refractivity contribution is 0.381. The van der Waals surface area contributed by atoms with Gasteiger partial charge < -0.3 is 10.3 Å². The fraction of sp³-hybridized carbons (Fsp3) is 0.500. The van der Waals surface area contributed by atoms with E-state index in [1.54, 1.807) is 12.4 Å². The van der Waals surface area contributed by atoms with Crippen molar-refractivity contribution >= 4 is 5.82 Å². The van der Waals surface area contributed by atoms with Crippen molar-refractivity contribution in [1.82, 2.24) is 10.1 Å². The molecule has 4 heteroatoms. The number of anilines is 1. The maximum Gasteiger partial charge on any atom is 0.175 e. The lowest BCUT2D eigenvalue weighted by Gasteiger charge is -2.02. The Morgan fingerprint density at radius 2 is 1.95 bits per heavy atom. The Labute approximate surface area is 120 Å². The minimum absolute atomic E-state index is 0.457. The predicted octanol–water partition coefficient (Wildman–Crippen LogP) is 4.22. The Morgan fingerprint density at radius 3 is 2.70 bits per heavy atom. The maximum atomic E-state index is 5.91. The minimum Gasteiger partial charge on any atom is -0.380 e. The van der Waals surface area contributed by atoms with E-state index in [0.29, 0.717) is 5.82 Å². The molecule has 0 atom stereocenters. The van der Waals surface area contributed by atoms with Gasteiger partial charge in [0.25, 0.3) is 0 Å². The Kier molecular flexibility index (Phi) is 5.59. The molecule has 0 radical (unpaired) electrons. The summed E-state index contributed by atoms with van der Waals surface area (Å²) in [6.45, 7) is 2.23. The number of hydrogen-bond donors (Lipinski definition) is 1. The van der Waals surface area contributed by atoms with E-state index >= 15 is 0 Å². The van der Waals surface area contributed by atoms with Crippen LogP contribution in [0.25, 0.3) is 11.1 Å². The molecular weight excluding hydrogens is 250 g/mol. The number of hydrogen-bond acceptors (Lipinski definition) is 4. The zero-order valence-electron chi connectivity index (χ0n) is 12.1. The second kappa shape index (κ2) is 7.68. The van der Waals surface area contributed by atoms with Crippen LogP contribution in [-0.2, 0) is 6.42 Å². The van der Waals surface area contributed by atoms with E-state index < -0.39 is 0 Å². The van der Waals surface area contributed by atoms with Crippen molar-refractivity contribution in [3.8, 4) is 11.1 Å². The molecular formula is C16H23N3O. The van der Waals surface area contributed by atoms with Gasteiger partial charge in [-0.1, -0.05) is 50.3 Å². The molecule has 0 aliphatic carbocycles. The molecule has 0 bridgehead atoms. The molecule has 0 fully saturated rings. The molecule has 0 saturated heterocycles. The van der Waals surface area contributed by atoms with E-state index in [2.05, 4.69) is 17.1 Å². The van der Waals surface area contributed by atoms with Crippen LogP contribution < -0.4 is 5.73 Å². The number of nitrogen functional groups attached to an aromatic ring is 1. The fourth-order valence-electron chi connectivity index (χ4n) is 2.39. The van der Waals surface area contributed by atoms with Gasteiger partial charge in [0.15, 0.2) is 5.82 Å². The number of aromatic nitrogens is 2. The summed E-state index contributed by atoms with van der Waals surface area (Å²) in [5.41, 5.74) is 7.80. The molecule has 2 aromatic rings. The third kappa shape index (κ3) is 3.83. The highest BCUT2D eigenvalue weighted by Crippen LogP contribution is 2.30. The largest absolute Gasteiger partial charge is 0.380 e. The molecule has 0 aliphatic rings. The van der Waals surface area contributed by atoms with Crippen LogP contribution >= 0.6 is 0 Å². The smallest absolute Gasteiger partial charge is 0.175 e. The molecule has 2 heterocycles. The van der Waals surface area contributed by atoms with Crippen molar-refractivity contribution in [3.05, 3.63) is 30.3 Å². The van der Waals surface area contributed by atoms with E-state index in [9.17, 15) is 0 Å². The highest BCUT2D eigenvalue weighted by atomic mass is 16.5. The Bertz CT molecular complexity index is 508. The van der Waals surface area contributed by atoms with Crippen LogP contribution in [0, 0.1) is 0 Å². The molecule has 2 aromatic heterocycles. The first-order chi connectivity index (χ1) is 9.83. The monoisotopic (exact) mass is 273 g/mol. The van der Waals surface area contributed by atoms with Crippen LogP contribution in [0.3, 0.4) is 0 Å².